The SMILES string of the molecule is O=C(CCCCCC(=O)NC(=O)NCCSC(c1ccccc1)(c1ccccc1)c1ccccc1)NC(=O)NCCSC(c1ccccc1)(c1ccccc1)c1ccccc1. The molecule has 0 radical (unpaired) electrons. The van der Waals surface area contributed by atoms with Crippen LogP contribution in [0.3, 0.4) is 0 Å². The first-order valence-electron chi connectivity index (χ1n) is 20.7. The minimum absolute atomic E-state index is 0.150. The predicted octanol–water partition coefficient (Wildman–Crippen LogP) is 10.0. The first-order chi connectivity index (χ1) is 29.9. The number of hydrogen-bond donors (Lipinski definition) is 4. The Hall–Kier alpha value is -6.10. The van der Waals surface area contributed by atoms with Gasteiger partial charge in [-0.25, -0.2) is 9.59 Å². The monoisotopic (exact) mass is 848 g/mol. The number of imide groups is 2. The standard InChI is InChI=1S/C51H52N4O4S2/c56-46(54-48(58)52-36-38-60-50(40-22-8-1-9-23-40,41-24-10-2-11-25-41)42-26-12-3-13-27-42)34-20-7-21-35-47(57)55-49(59)53-37-39-61-51(43-28-14-4-15-29-43,44-30-16-5-17-31-44)45-32-18-6-19-33-45/h1-6,8-19,22-33H,7,20-21,34-39H2,(H2,52,54,56,58)(H2,53,55,57,59). The second-order valence-corrected chi connectivity index (χ2v) is 17.0. The summed E-state index contributed by atoms with van der Waals surface area (Å²) in [5.41, 5.74) is 6.82. The van der Waals surface area contributed by atoms with E-state index in [2.05, 4.69) is 94.1 Å². The lowest BCUT2D eigenvalue weighted by Crippen LogP contribution is -2.40. The first kappa shape index (κ1) is 44.5. The molecule has 6 amide bonds. The zero-order chi connectivity index (χ0) is 42.6. The second-order valence-electron chi connectivity index (χ2n) is 14.4. The lowest BCUT2D eigenvalue weighted by Gasteiger charge is -2.35. The van der Waals surface area contributed by atoms with Crippen LogP contribution in [0.4, 0.5) is 9.59 Å². The number of benzene rings is 6. The van der Waals surface area contributed by atoms with Crippen molar-refractivity contribution in [2.75, 3.05) is 24.6 Å². The van der Waals surface area contributed by atoms with E-state index >= 15 is 0 Å². The number of carbonyl (C=O) groups excluding carboxylic acids is 4. The van der Waals surface area contributed by atoms with Gasteiger partial charge in [-0.3, -0.25) is 20.2 Å². The van der Waals surface area contributed by atoms with E-state index in [0.29, 0.717) is 43.9 Å². The molecule has 61 heavy (non-hydrogen) atoms. The van der Waals surface area contributed by atoms with Gasteiger partial charge in [0.25, 0.3) is 0 Å². The van der Waals surface area contributed by atoms with Crippen molar-refractivity contribution in [3.8, 4) is 0 Å². The molecule has 0 unspecified atom stereocenters. The number of urea groups is 2. The lowest BCUT2D eigenvalue weighted by molar-refractivity contribution is -0.120. The molecule has 8 nitrogen and oxygen atoms in total. The fraction of sp³-hybridized carbons (Fsp3) is 0.216. The maximum Gasteiger partial charge on any atom is 0.321 e. The molecule has 6 rings (SSSR count). The van der Waals surface area contributed by atoms with Gasteiger partial charge in [0.1, 0.15) is 0 Å². The number of carbonyl (C=O) groups is 4. The molecule has 0 aliphatic heterocycles. The van der Waals surface area contributed by atoms with Crippen LogP contribution in [-0.4, -0.2) is 48.5 Å². The maximum atomic E-state index is 12.7. The Morgan fingerprint density at radius 1 is 0.361 bits per heavy atom. The van der Waals surface area contributed by atoms with Gasteiger partial charge >= 0.3 is 12.1 Å². The summed E-state index contributed by atoms with van der Waals surface area (Å²) < 4.78 is -1.00. The van der Waals surface area contributed by atoms with E-state index in [9.17, 15) is 19.2 Å². The van der Waals surface area contributed by atoms with Gasteiger partial charge in [0.15, 0.2) is 0 Å². The van der Waals surface area contributed by atoms with E-state index in [1.165, 1.54) is 0 Å². The van der Waals surface area contributed by atoms with Crippen molar-refractivity contribution in [1.29, 1.82) is 0 Å². The summed E-state index contributed by atoms with van der Waals surface area (Å²) in [7, 11) is 0. The molecule has 0 atom stereocenters. The van der Waals surface area contributed by atoms with Crippen molar-refractivity contribution >= 4 is 47.4 Å². The van der Waals surface area contributed by atoms with E-state index in [-0.39, 0.29) is 24.7 Å². The smallest absolute Gasteiger partial charge is 0.321 e. The van der Waals surface area contributed by atoms with Crippen LogP contribution in [0.1, 0.15) is 65.5 Å². The summed E-state index contributed by atoms with van der Waals surface area (Å²) >= 11 is 3.46. The molecule has 0 fully saturated rings. The summed E-state index contributed by atoms with van der Waals surface area (Å²) in [5.74, 6) is 0.429. The van der Waals surface area contributed by atoms with Crippen molar-refractivity contribution in [3.05, 3.63) is 215 Å². The van der Waals surface area contributed by atoms with Crippen LogP contribution in [0.25, 0.3) is 0 Å². The molecule has 4 N–H and O–H groups in total. The molecule has 6 aromatic carbocycles. The van der Waals surface area contributed by atoms with Crippen LogP contribution in [0.15, 0.2) is 182 Å². The van der Waals surface area contributed by atoms with Gasteiger partial charge in [-0.15, -0.1) is 23.5 Å². The molecule has 0 bridgehead atoms. The van der Waals surface area contributed by atoms with Crippen molar-refractivity contribution < 1.29 is 19.2 Å². The summed E-state index contributed by atoms with van der Waals surface area (Å²) in [5, 5.41) is 10.5. The van der Waals surface area contributed by atoms with Crippen LogP contribution in [0.5, 0.6) is 0 Å². The Bertz CT molecular complexity index is 1910. The summed E-state index contributed by atoms with van der Waals surface area (Å²) in [6, 6.07) is 61.0. The number of nitrogens with one attached hydrogen (secondary N) is 4. The molecular formula is C51H52N4O4S2. The third kappa shape index (κ3) is 12.0. The Morgan fingerprint density at radius 2 is 0.607 bits per heavy atom. The average Bonchev–Trinajstić information content (AvgIpc) is 3.31. The van der Waals surface area contributed by atoms with Crippen LogP contribution in [0, 0.1) is 0 Å². The van der Waals surface area contributed by atoms with Gasteiger partial charge in [-0.1, -0.05) is 188 Å². The van der Waals surface area contributed by atoms with E-state index in [4.69, 9.17) is 0 Å². The van der Waals surface area contributed by atoms with E-state index in [1.807, 2.05) is 109 Å². The van der Waals surface area contributed by atoms with Gasteiger partial charge < -0.3 is 10.6 Å². The van der Waals surface area contributed by atoms with Gasteiger partial charge in [0.2, 0.25) is 11.8 Å². The molecule has 10 heteroatoms. The number of thioether (sulfide) groups is 2. The molecule has 0 heterocycles. The highest BCUT2D eigenvalue weighted by Crippen LogP contribution is 2.49. The van der Waals surface area contributed by atoms with Crippen LogP contribution < -0.4 is 21.3 Å². The third-order valence-corrected chi connectivity index (χ3v) is 13.4. The molecule has 0 aliphatic rings. The Kier molecular flexibility index (Phi) is 16.8. The maximum absolute atomic E-state index is 12.7. The van der Waals surface area contributed by atoms with Crippen LogP contribution in [-0.2, 0) is 19.1 Å². The summed E-state index contributed by atoms with van der Waals surface area (Å²) in [4.78, 5) is 50.4. The van der Waals surface area contributed by atoms with Gasteiger partial charge in [0.05, 0.1) is 9.49 Å². The minimum atomic E-state index is -0.537. The summed E-state index contributed by atoms with van der Waals surface area (Å²) in [6.45, 7) is 0.713. The molecule has 0 aromatic heterocycles. The number of hydrogen-bond acceptors (Lipinski definition) is 6. The Morgan fingerprint density at radius 3 is 0.852 bits per heavy atom. The zero-order valence-electron chi connectivity index (χ0n) is 34.1. The Balaban J connectivity index is 0.890. The lowest BCUT2D eigenvalue weighted by atomic mass is 9.84. The second kappa shape index (κ2) is 23.0. The normalized spacial score (nSPS) is 11.3. The number of amides is 6. The van der Waals surface area contributed by atoms with Crippen molar-refractivity contribution in [2.24, 2.45) is 0 Å². The van der Waals surface area contributed by atoms with E-state index < -0.39 is 21.6 Å². The fourth-order valence-electron chi connectivity index (χ4n) is 7.49. The van der Waals surface area contributed by atoms with Gasteiger partial charge in [-0.2, -0.15) is 0 Å². The molecule has 0 spiro atoms. The fourth-order valence-corrected chi connectivity index (χ4v) is 10.3. The molecule has 6 aromatic rings. The zero-order valence-corrected chi connectivity index (χ0v) is 35.8. The van der Waals surface area contributed by atoms with Crippen LogP contribution >= 0.6 is 23.5 Å². The predicted molar refractivity (Wildman–Crippen MR) is 249 cm³/mol. The summed E-state index contributed by atoms with van der Waals surface area (Å²) in [6.07, 6.45) is 1.91. The highest BCUT2D eigenvalue weighted by atomic mass is 32.2. The van der Waals surface area contributed by atoms with Gasteiger partial charge in [-0.05, 0) is 46.2 Å². The molecule has 0 saturated carbocycles. The van der Waals surface area contributed by atoms with Crippen molar-refractivity contribution in [2.45, 2.75) is 41.6 Å². The molecule has 0 saturated heterocycles. The number of unbranched alkanes of at least 4 members (excludes halogenated alkanes) is 2. The average molecular weight is 849 g/mol. The third-order valence-electron chi connectivity index (χ3n) is 10.3. The molecular weight excluding hydrogens is 797 g/mol. The largest absolute Gasteiger partial charge is 0.337 e. The molecule has 0 aliphatic carbocycles. The van der Waals surface area contributed by atoms with E-state index in [1.54, 1.807) is 23.5 Å². The highest BCUT2D eigenvalue weighted by molar-refractivity contribution is 8.00. The quantitative estimate of drug-likeness (QED) is 0.0449. The van der Waals surface area contributed by atoms with E-state index in [0.717, 1.165) is 33.4 Å². The minimum Gasteiger partial charge on any atom is -0.337 e. The number of rotatable bonds is 20. The molecule has 312 valence electrons. The topological polar surface area (TPSA) is 116 Å². The van der Waals surface area contributed by atoms with Crippen LogP contribution in [0.2, 0.25) is 0 Å². The van der Waals surface area contributed by atoms with Crippen molar-refractivity contribution in [1.82, 2.24) is 21.3 Å². The first-order valence-corrected chi connectivity index (χ1v) is 22.7. The van der Waals surface area contributed by atoms with Crippen molar-refractivity contribution in [3.63, 3.8) is 0 Å². The Labute approximate surface area is 367 Å². The highest BCUT2D eigenvalue weighted by Gasteiger charge is 2.38. The van der Waals surface area contributed by atoms with Gasteiger partial charge in [0, 0.05) is 37.4 Å².